The molecule has 0 radical (unpaired) electrons. The topological polar surface area (TPSA) is 65.6 Å². The molecule has 0 N–H and O–H groups in total. The fourth-order valence-electron chi connectivity index (χ4n) is 5.88. The zero-order valence-corrected chi connectivity index (χ0v) is 22.1. The molecule has 0 bridgehead atoms. The number of cyclic esters (lactones) is 1. The van der Waals surface area contributed by atoms with E-state index in [0.717, 1.165) is 64.6 Å². The van der Waals surface area contributed by atoms with Gasteiger partial charge in [0.25, 0.3) is 0 Å². The van der Waals surface area contributed by atoms with Crippen molar-refractivity contribution in [2.45, 2.75) is 64.3 Å². The molecule has 3 aliphatic rings. The Morgan fingerprint density at radius 2 is 1.69 bits per heavy atom. The third kappa shape index (κ3) is 7.43. The fourth-order valence-corrected chi connectivity index (χ4v) is 5.88. The second-order valence-corrected chi connectivity index (χ2v) is 10.6. The molecule has 0 spiro atoms. The number of hydrogen-bond donors (Lipinski definition) is 0. The summed E-state index contributed by atoms with van der Waals surface area (Å²) in [6.07, 6.45) is 5.70. The van der Waals surface area contributed by atoms with Gasteiger partial charge in [-0.15, -0.1) is 0 Å². The predicted octanol–water partition coefficient (Wildman–Crippen LogP) is 3.42. The van der Waals surface area contributed by atoms with Crippen molar-refractivity contribution in [2.75, 3.05) is 59.5 Å². The number of rotatable bonds is 11. The molecular formula is C28H44N4O4. The summed E-state index contributed by atoms with van der Waals surface area (Å²) < 4.78 is 10.5. The van der Waals surface area contributed by atoms with E-state index in [4.69, 9.17) is 9.47 Å². The Bertz CT molecular complexity index is 822. The number of nitrogens with zero attached hydrogens (tertiary/aromatic N) is 4. The molecular weight excluding hydrogens is 456 g/mol. The van der Waals surface area contributed by atoms with E-state index in [2.05, 4.69) is 52.0 Å². The lowest BCUT2D eigenvalue weighted by atomic mass is 9.92. The van der Waals surface area contributed by atoms with Crippen molar-refractivity contribution in [2.24, 2.45) is 5.92 Å². The fraction of sp³-hybridized carbons (Fsp3) is 0.714. The molecule has 1 aromatic carbocycles. The quantitative estimate of drug-likeness (QED) is 0.432. The summed E-state index contributed by atoms with van der Waals surface area (Å²) in [7, 11) is 1.44. The maximum Gasteiger partial charge on any atom is 0.411 e. The Kier molecular flexibility index (Phi) is 10.0. The summed E-state index contributed by atoms with van der Waals surface area (Å²) in [4.78, 5) is 33.2. The summed E-state index contributed by atoms with van der Waals surface area (Å²) in [6.45, 7) is 10.8. The number of amides is 1. The Morgan fingerprint density at radius 1 is 0.972 bits per heavy atom. The van der Waals surface area contributed by atoms with Crippen molar-refractivity contribution >= 4 is 12.1 Å². The van der Waals surface area contributed by atoms with E-state index < -0.39 is 0 Å². The summed E-state index contributed by atoms with van der Waals surface area (Å²) in [6, 6.07) is 10.8. The average molecular weight is 501 g/mol. The van der Waals surface area contributed by atoms with E-state index in [1.54, 1.807) is 0 Å². The zero-order chi connectivity index (χ0) is 25.3. The number of piperidine rings is 1. The molecule has 8 heteroatoms. The molecule has 36 heavy (non-hydrogen) atoms. The molecule has 3 aliphatic heterocycles. The van der Waals surface area contributed by atoms with Gasteiger partial charge in [0, 0.05) is 45.7 Å². The van der Waals surface area contributed by atoms with Crippen molar-refractivity contribution in [1.29, 1.82) is 0 Å². The highest BCUT2D eigenvalue weighted by Crippen LogP contribution is 2.27. The maximum absolute atomic E-state index is 12.7. The highest BCUT2D eigenvalue weighted by atomic mass is 16.6. The van der Waals surface area contributed by atoms with Crippen LogP contribution in [0.3, 0.4) is 0 Å². The van der Waals surface area contributed by atoms with Crippen molar-refractivity contribution < 1.29 is 19.1 Å². The Balaban J connectivity index is 1.12. The minimum absolute atomic E-state index is 0.0797. The van der Waals surface area contributed by atoms with Gasteiger partial charge in [-0.2, -0.15) is 0 Å². The van der Waals surface area contributed by atoms with Crippen molar-refractivity contribution in [3.05, 3.63) is 35.9 Å². The van der Waals surface area contributed by atoms with Gasteiger partial charge in [-0.25, -0.2) is 4.79 Å². The van der Waals surface area contributed by atoms with E-state index in [1.165, 1.54) is 45.0 Å². The van der Waals surface area contributed by atoms with E-state index >= 15 is 0 Å². The van der Waals surface area contributed by atoms with Crippen molar-refractivity contribution in [1.82, 2.24) is 19.6 Å². The lowest BCUT2D eigenvalue weighted by molar-refractivity contribution is -0.140. The normalized spacial score (nSPS) is 24.7. The van der Waals surface area contributed by atoms with Gasteiger partial charge in [0.15, 0.2) is 6.23 Å². The maximum atomic E-state index is 12.7. The minimum atomic E-state index is -0.161. The van der Waals surface area contributed by atoms with Crippen LogP contribution in [0.25, 0.3) is 0 Å². The Hall–Kier alpha value is -2.16. The largest absolute Gasteiger partial charge is 0.469 e. The Morgan fingerprint density at radius 3 is 2.39 bits per heavy atom. The molecule has 1 amide bonds. The van der Waals surface area contributed by atoms with Crippen LogP contribution in [0.5, 0.6) is 0 Å². The average Bonchev–Trinajstić information content (AvgIpc) is 3.19. The van der Waals surface area contributed by atoms with Crippen LogP contribution in [-0.2, 0) is 20.8 Å². The number of benzene rings is 1. The van der Waals surface area contributed by atoms with Crippen LogP contribution in [-0.4, -0.2) is 103 Å². The van der Waals surface area contributed by atoms with E-state index in [0.29, 0.717) is 6.42 Å². The van der Waals surface area contributed by atoms with E-state index in [9.17, 15) is 9.59 Å². The second-order valence-electron chi connectivity index (χ2n) is 10.6. The highest BCUT2D eigenvalue weighted by molar-refractivity contribution is 5.70. The van der Waals surface area contributed by atoms with Crippen LogP contribution in [0, 0.1) is 5.92 Å². The lowest BCUT2D eigenvalue weighted by Gasteiger charge is -2.38. The van der Waals surface area contributed by atoms with Crippen molar-refractivity contribution in [3.8, 4) is 0 Å². The summed E-state index contributed by atoms with van der Waals surface area (Å²) >= 11 is 0. The van der Waals surface area contributed by atoms with Gasteiger partial charge < -0.3 is 19.3 Å². The summed E-state index contributed by atoms with van der Waals surface area (Å²) in [5.74, 6) is 0.614. The molecule has 2 unspecified atom stereocenters. The molecule has 3 heterocycles. The van der Waals surface area contributed by atoms with Gasteiger partial charge in [-0.1, -0.05) is 30.3 Å². The molecule has 3 saturated heterocycles. The zero-order valence-electron chi connectivity index (χ0n) is 22.1. The Labute approximate surface area is 216 Å². The molecule has 0 aliphatic carbocycles. The van der Waals surface area contributed by atoms with Crippen LogP contribution in [0.2, 0.25) is 0 Å². The van der Waals surface area contributed by atoms with Gasteiger partial charge in [0.2, 0.25) is 0 Å². The molecule has 200 valence electrons. The first-order valence-electron chi connectivity index (χ1n) is 13.8. The van der Waals surface area contributed by atoms with Crippen LogP contribution in [0.1, 0.15) is 51.0 Å². The smallest absolute Gasteiger partial charge is 0.411 e. The summed E-state index contributed by atoms with van der Waals surface area (Å²) in [5, 5.41) is 0. The third-order valence-electron chi connectivity index (χ3n) is 8.18. The second kappa shape index (κ2) is 13.4. The van der Waals surface area contributed by atoms with E-state index in [1.807, 2.05) is 4.90 Å². The number of hydrogen-bond acceptors (Lipinski definition) is 7. The van der Waals surface area contributed by atoms with Crippen LogP contribution >= 0.6 is 0 Å². The SMILES string of the molecule is COC(=O)CCCN1CCN(C2OC(=O)N(CCCC3CCN(Cc4ccccc4)CC3)C2C)CC1. The number of piperazine rings is 1. The number of ether oxygens (including phenoxy) is 2. The van der Waals surface area contributed by atoms with Gasteiger partial charge >= 0.3 is 12.1 Å². The third-order valence-corrected chi connectivity index (χ3v) is 8.18. The molecule has 2 atom stereocenters. The highest BCUT2D eigenvalue weighted by Gasteiger charge is 2.42. The molecule has 8 nitrogen and oxygen atoms in total. The van der Waals surface area contributed by atoms with Crippen molar-refractivity contribution in [3.63, 3.8) is 0 Å². The molecule has 0 aromatic heterocycles. The first-order chi connectivity index (χ1) is 17.5. The van der Waals surface area contributed by atoms with Gasteiger partial charge in [-0.3, -0.25) is 14.6 Å². The minimum Gasteiger partial charge on any atom is -0.469 e. The van der Waals surface area contributed by atoms with Crippen LogP contribution < -0.4 is 0 Å². The van der Waals surface area contributed by atoms with Gasteiger partial charge in [0.1, 0.15) is 0 Å². The van der Waals surface area contributed by atoms with Gasteiger partial charge in [0.05, 0.1) is 13.2 Å². The van der Waals surface area contributed by atoms with E-state index in [-0.39, 0.29) is 24.3 Å². The lowest BCUT2D eigenvalue weighted by Crippen LogP contribution is -2.53. The summed E-state index contributed by atoms with van der Waals surface area (Å²) in [5.41, 5.74) is 1.40. The first-order valence-corrected chi connectivity index (χ1v) is 13.8. The number of methoxy groups -OCH3 is 1. The molecule has 0 saturated carbocycles. The van der Waals surface area contributed by atoms with Crippen LogP contribution in [0.4, 0.5) is 4.79 Å². The predicted molar refractivity (Wildman–Crippen MR) is 139 cm³/mol. The molecule has 1 aromatic rings. The molecule has 3 fully saturated rings. The number of esters is 1. The standard InChI is InChI=1S/C28H44N4O4/c1-23-27(31-20-18-29(19-21-31)14-7-11-26(33)35-2)36-28(34)32(23)15-6-10-24-12-16-30(17-13-24)22-25-8-4-3-5-9-25/h3-5,8-9,23-24,27H,6-7,10-22H2,1-2H3. The molecule has 4 rings (SSSR count). The number of carbonyl (C=O) groups excluding carboxylic acids is 2. The van der Waals surface area contributed by atoms with Crippen LogP contribution in [0.15, 0.2) is 30.3 Å². The van der Waals surface area contributed by atoms with Gasteiger partial charge in [-0.05, 0) is 70.1 Å². The number of likely N-dealkylation sites (tertiary alicyclic amines) is 1. The number of carbonyl (C=O) groups is 2. The monoisotopic (exact) mass is 500 g/mol. The first kappa shape index (κ1) is 26.9.